The molecule has 1 N–H and O–H groups in total. The largest absolute Gasteiger partial charge is 0.465 e. The average molecular weight is 506 g/mol. The van der Waals surface area contributed by atoms with Crippen molar-refractivity contribution in [2.24, 2.45) is 0 Å². The number of hydrogen-bond donors (Lipinski definition) is 1. The number of para-hydroxylation sites is 1. The van der Waals surface area contributed by atoms with Crippen molar-refractivity contribution < 1.29 is 22.9 Å². The first-order valence-corrected chi connectivity index (χ1v) is 12.6. The van der Waals surface area contributed by atoms with Gasteiger partial charge >= 0.3 is 5.97 Å². The highest BCUT2D eigenvalue weighted by atomic mass is 32.2. The van der Waals surface area contributed by atoms with Crippen LogP contribution in [0.1, 0.15) is 33.0 Å². The second-order valence-corrected chi connectivity index (χ2v) is 10.6. The van der Waals surface area contributed by atoms with Crippen molar-refractivity contribution in [1.29, 1.82) is 0 Å². The van der Waals surface area contributed by atoms with Gasteiger partial charge in [-0.05, 0) is 48.9 Å². The maximum Gasteiger partial charge on any atom is 0.337 e. The summed E-state index contributed by atoms with van der Waals surface area (Å²) in [5, 5.41) is 16.2. The first-order chi connectivity index (χ1) is 17.2. The first-order valence-electron chi connectivity index (χ1n) is 11.1. The van der Waals surface area contributed by atoms with E-state index in [1.54, 1.807) is 36.4 Å². The molecule has 9 nitrogen and oxygen atoms in total. The number of hydrogen-bond acceptors (Lipinski definition) is 7. The van der Waals surface area contributed by atoms with Crippen LogP contribution in [0.5, 0.6) is 0 Å². The lowest BCUT2D eigenvalue weighted by molar-refractivity contribution is -0.583. The number of nitrogens with one attached hydrogen (secondary N) is 1. The molecule has 3 atom stereocenters. The molecule has 2 heterocycles. The zero-order valence-corrected chi connectivity index (χ0v) is 20.4. The molecule has 0 aromatic heterocycles. The number of sulfonamides is 1. The Kier molecular flexibility index (Phi) is 5.36. The zero-order chi connectivity index (χ0) is 25.8. The van der Waals surface area contributed by atoms with Crippen molar-refractivity contribution in [2.75, 3.05) is 16.7 Å². The Bertz CT molecular complexity index is 1520. The number of carbonyl (C=O) groups excluding carboxylic acids is 1. The van der Waals surface area contributed by atoms with E-state index in [-0.39, 0.29) is 21.7 Å². The van der Waals surface area contributed by atoms with Crippen LogP contribution in [0.2, 0.25) is 0 Å². The van der Waals surface area contributed by atoms with Gasteiger partial charge in [0, 0.05) is 10.6 Å². The highest BCUT2D eigenvalue weighted by molar-refractivity contribution is 7.93. The highest BCUT2D eigenvalue weighted by Crippen LogP contribution is 2.58. The Balaban J connectivity index is 1.86. The molecule has 10 heteroatoms. The van der Waals surface area contributed by atoms with E-state index in [4.69, 9.17) is 4.74 Å². The van der Waals surface area contributed by atoms with Crippen LogP contribution in [0.15, 0.2) is 84.3 Å². The van der Waals surface area contributed by atoms with E-state index in [2.05, 4.69) is 11.9 Å². The third-order valence-electron chi connectivity index (χ3n) is 6.92. The molecule has 3 aromatic rings. The molecule has 0 radical (unpaired) electrons. The van der Waals surface area contributed by atoms with Crippen molar-refractivity contribution in [3.05, 3.63) is 112 Å². The van der Waals surface area contributed by atoms with E-state index in [0.717, 1.165) is 9.87 Å². The molecule has 36 heavy (non-hydrogen) atoms. The molecular formula is C26H23N3O6S. The molecule has 5 rings (SSSR count). The molecule has 3 aromatic carbocycles. The number of esters is 1. The van der Waals surface area contributed by atoms with Crippen LogP contribution in [0.25, 0.3) is 0 Å². The molecule has 2 aliphatic rings. The smallest absolute Gasteiger partial charge is 0.337 e. The number of fused-ring (bicyclic) bond motifs is 4. The number of anilines is 2. The predicted molar refractivity (Wildman–Crippen MR) is 134 cm³/mol. The average Bonchev–Trinajstić information content (AvgIpc) is 3.17. The van der Waals surface area contributed by atoms with Gasteiger partial charge in [-0.1, -0.05) is 42.0 Å². The third kappa shape index (κ3) is 3.07. The fourth-order valence-corrected chi connectivity index (χ4v) is 6.88. The van der Waals surface area contributed by atoms with E-state index in [9.17, 15) is 23.3 Å². The summed E-state index contributed by atoms with van der Waals surface area (Å²) in [6, 6.07) is 17.5. The van der Waals surface area contributed by atoms with Crippen LogP contribution in [0.3, 0.4) is 0 Å². The molecule has 0 saturated heterocycles. The summed E-state index contributed by atoms with van der Waals surface area (Å²) in [6.45, 7) is 5.72. The summed E-state index contributed by atoms with van der Waals surface area (Å²) in [5.74, 6) is -1.59. The summed E-state index contributed by atoms with van der Waals surface area (Å²) in [6.07, 6.45) is 0.131. The second kappa shape index (κ2) is 8.20. The number of ether oxygens (including phenoxy) is 1. The van der Waals surface area contributed by atoms with Gasteiger partial charge in [0.2, 0.25) is 0 Å². The minimum atomic E-state index is -4.27. The van der Waals surface area contributed by atoms with Gasteiger partial charge in [-0.2, -0.15) is 0 Å². The number of rotatable bonds is 5. The number of benzene rings is 3. The van der Waals surface area contributed by atoms with Crippen LogP contribution in [0.4, 0.5) is 11.4 Å². The van der Waals surface area contributed by atoms with Gasteiger partial charge in [0.05, 0.1) is 34.7 Å². The van der Waals surface area contributed by atoms with Gasteiger partial charge in [0.25, 0.3) is 15.6 Å². The second-order valence-electron chi connectivity index (χ2n) is 8.77. The fourth-order valence-electron chi connectivity index (χ4n) is 5.26. The standard InChI is InChI=1S/C26H23N3O6S/c1-4-20-19-7-5-6-8-22(19)27-25-26(20,29(31)32)21-15-17(24(30)35-3)11-14-23(21)28(25)36(33,34)18-12-9-16(2)10-13-18/h4-15,20,25,27H,1H2,2-3H3/t20-,25-,26-/m1/s1. The summed E-state index contributed by atoms with van der Waals surface area (Å²) in [4.78, 5) is 25.0. The van der Waals surface area contributed by atoms with E-state index in [0.29, 0.717) is 11.3 Å². The lowest BCUT2D eigenvalue weighted by Gasteiger charge is -2.41. The lowest BCUT2D eigenvalue weighted by atomic mass is 9.71. The van der Waals surface area contributed by atoms with Crippen LogP contribution < -0.4 is 9.62 Å². The van der Waals surface area contributed by atoms with Crippen molar-refractivity contribution >= 4 is 27.4 Å². The van der Waals surface area contributed by atoms with Gasteiger partial charge < -0.3 is 10.1 Å². The maximum absolute atomic E-state index is 14.1. The van der Waals surface area contributed by atoms with Gasteiger partial charge in [0.15, 0.2) is 6.17 Å². The van der Waals surface area contributed by atoms with Crippen LogP contribution >= 0.6 is 0 Å². The molecule has 0 amide bonds. The monoisotopic (exact) mass is 505 g/mol. The molecule has 0 unspecified atom stereocenters. The Morgan fingerprint density at radius 3 is 2.50 bits per heavy atom. The van der Waals surface area contributed by atoms with Crippen LogP contribution in [-0.4, -0.2) is 32.6 Å². The molecule has 0 aliphatic carbocycles. The minimum absolute atomic E-state index is 0.00828. The zero-order valence-electron chi connectivity index (χ0n) is 19.5. The lowest BCUT2D eigenvalue weighted by Crippen LogP contribution is -2.60. The SMILES string of the molecule is C=C[C@@H]1c2ccccc2N[C@@H]2N(S(=O)(=O)c3ccc(C)cc3)c3ccc(C(=O)OC)cc3[C@]12[N+](=O)[O-]. The molecular weight excluding hydrogens is 482 g/mol. The quantitative estimate of drug-likeness (QED) is 0.239. The number of carbonyl (C=O) groups is 1. The van der Waals surface area contributed by atoms with Crippen LogP contribution in [-0.2, 0) is 20.3 Å². The summed E-state index contributed by atoms with van der Waals surface area (Å²) >= 11 is 0. The van der Waals surface area contributed by atoms with Crippen molar-refractivity contribution in [3.8, 4) is 0 Å². The molecule has 0 saturated carbocycles. The molecule has 0 bridgehead atoms. The van der Waals surface area contributed by atoms with E-state index in [1.807, 2.05) is 6.92 Å². The number of aryl methyl sites for hydroxylation is 1. The van der Waals surface area contributed by atoms with Gasteiger partial charge in [-0.25, -0.2) is 17.5 Å². The van der Waals surface area contributed by atoms with Gasteiger partial charge in [-0.3, -0.25) is 10.1 Å². The van der Waals surface area contributed by atoms with E-state index < -0.39 is 38.5 Å². The Labute approximate surface area is 208 Å². The van der Waals surface area contributed by atoms with E-state index in [1.165, 1.54) is 43.5 Å². The van der Waals surface area contributed by atoms with Gasteiger partial charge in [0.1, 0.15) is 0 Å². The normalized spacial score (nSPS) is 22.0. The summed E-state index contributed by atoms with van der Waals surface area (Å²) in [7, 11) is -3.06. The fraction of sp³-hybridized carbons (Fsp3) is 0.192. The van der Waals surface area contributed by atoms with Crippen molar-refractivity contribution in [1.82, 2.24) is 0 Å². The summed E-state index contributed by atoms with van der Waals surface area (Å²) in [5.41, 5.74) is 0.300. The first kappa shape index (κ1) is 23.6. The van der Waals surface area contributed by atoms with Gasteiger partial charge in [-0.15, -0.1) is 6.58 Å². The third-order valence-corrected chi connectivity index (χ3v) is 8.71. The topological polar surface area (TPSA) is 119 Å². The molecule has 0 spiro atoms. The summed E-state index contributed by atoms with van der Waals surface area (Å²) < 4.78 is 34.0. The molecule has 2 aliphatic heterocycles. The Hall–Kier alpha value is -4.18. The Morgan fingerprint density at radius 1 is 1.17 bits per heavy atom. The minimum Gasteiger partial charge on any atom is -0.465 e. The van der Waals surface area contributed by atoms with Crippen LogP contribution in [0, 0.1) is 17.0 Å². The number of methoxy groups -OCH3 is 1. The predicted octanol–water partition coefficient (Wildman–Crippen LogP) is 4.18. The number of nitro groups is 1. The highest BCUT2D eigenvalue weighted by Gasteiger charge is 2.69. The molecule has 0 fully saturated rings. The van der Waals surface area contributed by atoms with Crippen molar-refractivity contribution in [2.45, 2.75) is 29.4 Å². The van der Waals surface area contributed by atoms with E-state index >= 15 is 0 Å². The van der Waals surface area contributed by atoms with Crippen molar-refractivity contribution in [3.63, 3.8) is 0 Å². The Morgan fingerprint density at radius 2 is 1.86 bits per heavy atom. The molecule has 184 valence electrons. The maximum atomic E-state index is 14.1. The number of nitrogens with zero attached hydrogens (tertiary/aromatic N) is 2.